The van der Waals surface area contributed by atoms with Crippen LogP contribution in [0.1, 0.15) is 98.8 Å². The summed E-state index contributed by atoms with van der Waals surface area (Å²) in [5.74, 6) is 1.61. The summed E-state index contributed by atoms with van der Waals surface area (Å²) < 4.78 is 4.89. The summed E-state index contributed by atoms with van der Waals surface area (Å²) in [5, 5.41) is 0. The molecule has 6 heteroatoms. The number of esters is 1. The van der Waals surface area contributed by atoms with Gasteiger partial charge in [0.05, 0.1) is 11.5 Å². The van der Waals surface area contributed by atoms with E-state index < -0.39 is 0 Å². The lowest BCUT2D eigenvalue weighted by Crippen LogP contribution is -2.04. The molecule has 0 spiro atoms. The number of unbranched alkanes of at least 4 members (excludes halogenated alkanes) is 9. The zero-order valence-corrected chi connectivity index (χ0v) is 22.1. The minimum Gasteiger partial charge on any atom is -0.462 e. The molecule has 0 aliphatic rings. The van der Waals surface area contributed by atoms with Gasteiger partial charge in [-0.3, -0.25) is 4.79 Å². The molecule has 30 heavy (non-hydrogen) atoms. The van der Waals surface area contributed by atoms with Crippen LogP contribution in [-0.2, 0) is 14.3 Å². The highest BCUT2D eigenvalue weighted by atomic mass is 32.2. The Labute approximate surface area is 202 Å². The molecule has 0 radical (unpaired) electrons. The SMILES string of the molecule is C.C=C(SCCCCCCCCCCCC)C(=O)OCC.CC(=O)CCS.CSC. The average molecular weight is 483 g/mol. The van der Waals surface area contributed by atoms with Gasteiger partial charge in [-0.25, -0.2) is 4.79 Å². The van der Waals surface area contributed by atoms with Crippen molar-refractivity contribution in [3.8, 4) is 0 Å². The molecule has 0 amide bonds. The van der Waals surface area contributed by atoms with E-state index in [0.29, 0.717) is 23.7 Å². The molecule has 182 valence electrons. The van der Waals surface area contributed by atoms with Gasteiger partial charge in [-0.2, -0.15) is 24.4 Å². The number of ketones is 1. The van der Waals surface area contributed by atoms with Gasteiger partial charge in [-0.1, -0.05) is 78.7 Å². The predicted octanol–water partition coefficient (Wildman–Crippen LogP) is 8.23. The number of thioether (sulfide) groups is 2. The molecule has 3 nitrogen and oxygen atoms in total. The molecule has 0 atom stereocenters. The summed E-state index contributed by atoms with van der Waals surface area (Å²) in [6, 6.07) is 0. The van der Waals surface area contributed by atoms with E-state index in [1.54, 1.807) is 18.7 Å². The molecule has 0 heterocycles. The lowest BCUT2D eigenvalue weighted by molar-refractivity contribution is -0.137. The van der Waals surface area contributed by atoms with Crippen LogP contribution in [0.5, 0.6) is 0 Å². The Balaban J connectivity index is -0.000000284. The molecule has 0 aromatic carbocycles. The van der Waals surface area contributed by atoms with Crippen molar-refractivity contribution in [3.05, 3.63) is 11.5 Å². The van der Waals surface area contributed by atoms with Crippen LogP contribution in [-0.4, -0.2) is 42.4 Å². The molecule has 0 N–H and O–H groups in total. The van der Waals surface area contributed by atoms with Gasteiger partial charge in [0.1, 0.15) is 5.78 Å². The highest BCUT2D eigenvalue weighted by molar-refractivity contribution is 8.03. The van der Waals surface area contributed by atoms with E-state index in [2.05, 4.69) is 26.1 Å². The molecule has 0 saturated carbocycles. The van der Waals surface area contributed by atoms with Crippen molar-refractivity contribution < 1.29 is 14.3 Å². The number of thiol groups is 1. The fraction of sp³-hybridized carbons (Fsp3) is 0.833. The van der Waals surface area contributed by atoms with Crippen molar-refractivity contribution in [1.29, 1.82) is 0 Å². The maximum absolute atomic E-state index is 11.3. The maximum atomic E-state index is 11.3. The third-order valence-corrected chi connectivity index (χ3v) is 4.97. The monoisotopic (exact) mass is 482 g/mol. The van der Waals surface area contributed by atoms with Gasteiger partial charge in [0.25, 0.3) is 0 Å². The first kappa shape index (κ1) is 37.3. The first-order valence-electron chi connectivity index (χ1n) is 10.9. The summed E-state index contributed by atoms with van der Waals surface area (Å²) in [6.07, 6.45) is 18.1. The summed E-state index contributed by atoms with van der Waals surface area (Å²) in [7, 11) is 0. The van der Waals surface area contributed by atoms with Crippen molar-refractivity contribution >= 4 is 47.9 Å². The molecular formula is C24H50O3S3. The molecular weight excluding hydrogens is 432 g/mol. The van der Waals surface area contributed by atoms with Crippen LogP contribution in [0, 0.1) is 0 Å². The van der Waals surface area contributed by atoms with E-state index in [0.717, 1.165) is 5.75 Å². The topological polar surface area (TPSA) is 43.4 Å². The van der Waals surface area contributed by atoms with E-state index in [-0.39, 0.29) is 19.2 Å². The van der Waals surface area contributed by atoms with Crippen molar-refractivity contribution in [2.75, 3.05) is 30.6 Å². The summed E-state index contributed by atoms with van der Waals surface area (Å²) in [4.78, 5) is 21.9. The summed E-state index contributed by atoms with van der Waals surface area (Å²) in [6.45, 7) is 9.81. The van der Waals surface area contributed by atoms with Gasteiger partial charge < -0.3 is 4.74 Å². The molecule has 0 aromatic rings. The zero-order valence-electron chi connectivity index (χ0n) is 19.6. The van der Waals surface area contributed by atoms with Crippen molar-refractivity contribution in [1.82, 2.24) is 0 Å². The molecule has 0 aliphatic heterocycles. The Morgan fingerprint density at radius 3 is 1.67 bits per heavy atom. The summed E-state index contributed by atoms with van der Waals surface area (Å²) >= 11 is 7.12. The maximum Gasteiger partial charge on any atom is 0.343 e. The second kappa shape index (κ2) is 33.6. The Morgan fingerprint density at radius 1 is 0.900 bits per heavy atom. The first-order valence-corrected chi connectivity index (χ1v) is 14.1. The van der Waals surface area contributed by atoms with E-state index in [1.807, 2.05) is 19.4 Å². The lowest BCUT2D eigenvalue weighted by atomic mass is 10.1. The average Bonchev–Trinajstić information content (AvgIpc) is 2.67. The molecule has 0 bridgehead atoms. The Morgan fingerprint density at radius 2 is 1.33 bits per heavy atom. The molecule has 0 rings (SSSR count). The van der Waals surface area contributed by atoms with Gasteiger partial charge in [-0.05, 0) is 44.3 Å². The highest BCUT2D eigenvalue weighted by Crippen LogP contribution is 2.18. The van der Waals surface area contributed by atoms with E-state index in [9.17, 15) is 9.59 Å². The normalized spacial score (nSPS) is 9.27. The second-order valence-electron chi connectivity index (χ2n) is 6.76. The van der Waals surface area contributed by atoms with Crippen LogP contribution >= 0.6 is 36.2 Å². The van der Waals surface area contributed by atoms with Crippen LogP contribution in [0.15, 0.2) is 11.5 Å². The number of carbonyl (C=O) groups is 2. The number of Topliss-reactive ketones (excluding diaryl/α,β-unsaturated/α-hetero) is 1. The minimum absolute atomic E-state index is 0. The van der Waals surface area contributed by atoms with Crippen LogP contribution in [0.4, 0.5) is 0 Å². The predicted molar refractivity (Wildman–Crippen MR) is 145 cm³/mol. The quantitative estimate of drug-likeness (QED) is 0.104. The molecule has 0 aliphatic carbocycles. The smallest absolute Gasteiger partial charge is 0.343 e. The number of ether oxygens (including phenoxy) is 1. The Bertz CT molecular complexity index is 375. The molecule has 0 saturated heterocycles. The van der Waals surface area contributed by atoms with Gasteiger partial charge in [0.15, 0.2) is 0 Å². The minimum atomic E-state index is -0.260. The number of carbonyl (C=O) groups excluding carboxylic acids is 2. The summed E-state index contributed by atoms with van der Waals surface area (Å²) in [5.41, 5.74) is 0. The molecule has 0 aromatic heterocycles. The Kier molecular flexibility index (Phi) is 41.7. The fourth-order valence-corrected chi connectivity index (χ4v) is 3.30. The molecule has 0 unspecified atom stereocenters. The standard InChI is InChI=1S/C17H32O2S.C4H8OS.C2H6S.CH4/c1-4-6-7-8-9-10-11-12-13-14-15-20-16(3)17(18)19-5-2;1-4(5)2-3-6;1-3-2;/h3-15H2,1-2H3;6H,2-3H2,1H3;1-2H3;1H4. The Hall–Kier alpha value is -0.0700. The van der Waals surface area contributed by atoms with Crippen molar-refractivity contribution in [2.45, 2.75) is 98.8 Å². The lowest BCUT2D eigenvalue weighted by Gasteiger charge is -2.05. The van der Waals surface area contributed by atoms with Gasteiger partial charge in [0, 0.05) is 6.42 Å². The van der Waals surface area contributed by atoms with E-state index in [1.165, 1.54) is 76.0 Å². The highest BCUT2D eigenvalue weighted by Gasteiger charge is 2.07. The van der Waals surface area contributed by atoms with E-state index in [4.69, 9.17) is 4.74 Å². The van der Waals surface area contributed by atoms with Crippen LogP contribution in [0.25, 0.3) is 0 Å². The largest absolute Gasteiger partial charge is 0.462 e. The third-order valence-electron chi connectivity index (χ3n) is 3.74. The van der Waals surface area contributed by atoms with Crippen LogP contribution in [0.3, 0.4) is 0 Å². The van der Waals surface area contributed by atoms with Crippen molar-refractivity contribution in [3.63, 3.8) is 0 Å². The number of rotatable bonds is 16. The van der Waals surface area contributed by atoms with Gasteiger partial charge >= 0.3 is 5.97 Å². The van der Waals surface area contributed by atoms with Gasteiger partial charge in [-0.15, -0.1) is 11.8 Å². The van der Waals surface area contributed by atoms with Gasteiger partial charge in [0.2, 0.25) is 0 Å². The zero-order chi connectivity index (χ0) is 22.8. The first-order chi connectivity index (χ1) is 13.9. The van der Waals surface area contributed by atoms with E-state index >= 15 is 0 Å². The third kappa shape index (κ3) is 38.5. The number of hydrogen-bond donors (Lipinski definition) is 1. The number of hydrogen-bond acceptors (Lipinski definition) is 6. The fourth-order valence-electron chi connectivity index (χ4n) is 2.21. The molecule has 0 fully saturated rings. The van der Waals surface area contributed by atoms with Crippen molar-refractivity contribution in [2.24, 2.45) is 0 Å². The van der Waals surface area contributed by atoms with Crippen LogP contribution < -0.4 is 0 Å². The van der Waals surface area contributed by atoms with Crippen LogP contribution in [0.2, 0.25) is 0 Å². The second-order valence-corrected chi connectivity index (χ2v) is 9.21.